The molecule has 0 N–H and O–H groups in total. The van der Waals surface area contributed by atoms with Gasteiger partial charge in [-0.15, -0.1) is 0 Å². The van der Waals surface area contributed by atoms with Crippen LogP contribution in [0.2, 0.25) is 0 Å². The summed E-state index contributed by atoms with van der Waals surface area (Å²) in [4.78, 5) is 2.44. The first-order valence-corrected chi connectivity index (χ1v) is 18.5. The van der Waals surface area contributed by atoms with Crippen LogP contribution in [0.15, 0.2) is 218 Å². The minimum atomic E-state index is 1.08. The number of hydrogen-bond donors (Lipinski definition) is 0. The van der Waals surface area contributed by atoms with E-state index in [-0.39, 0.29) is 0 Å². The van der Waals surface area contributed by atoms with Gasteiger partial charge in [-0.2, -0.15) is 0 Å². The van der Waals surface area contributed by atoms with E-state index in [1.165, 1.54) is 60.4 Å². The molecule has 1 heterocycles. The third-order valence-corrected chi connectivity index (χ3v) is 10.5. The zero-order valence-electron chi connectivity index (χ0n) is 29.7. The van der Waals surface area contributed by atoms with Crippen LogP contribution in [0.5, 0.6) is 0 Å². The predicted octanol–water partition coefficient (Wildman–Crippen LogP) is 14.4. The molecule has 0 radical (unpaired) electrons. The van der Waals surface area contributed by atoms with E-state index in [9.17, 15) is 0 Å². The second-order valence-electron chi connectivity index (χ2n) is 13.8. The lowest BCUT2D eigenvalue weighted by Gasteiger charge is -2.29. The molecule has 0 aliphatic rings. The van der Waals surface area contributed by atoms with Crippen LogP contribution in [0.4, 0.5) is 17.1 Å². The Morgan fingerprint density at radius 1 is 0.315 bits per heavy atom. The molecule has 0 aliphatic carbocycles. The zero-order chi connectivity index (χ0) is 35.8. The SMILES string of the molecule is c1ccc(-c2cccc(N(c3cccc(-n4c5ccccc5c5ccccc54)c3)c3cc(-c4ccc5ccccc5c4)ccc3-c3ccccc3)c2)cc1. The van der Waals surface area contributed by atoms with Crippen molar-refractivity contribution in [3.63, 3.8) is 0 Å². The normalized spacial score (nSPS) is 11.3. The van der Waals surface area contributed by atoms with Crippen molar-refractivity contribution in [2.45, 2.75) is 0 Å². The standard InChI is InChI=1S/C52H36N2/c1-3-15-37(16-4-1)41-21-13-22-44(34-41)53(45-23-14-24-46(36-45)54-50-27-11-9-25-48(50)49-26-10-12-28-51(49)54)52-35-43(31-32-47(52)39-18-5-2-6-19-39)42-30-29-38-17-7-8-20-40(38)33-42/h1-36H. The van der Waals surface area contributed by atoms with Gasteiger partial charge in [-0.05, 0) is 93.2 Å². The number of anilines is 3. The van der Waals surface area contributed by atoms with Gasteiger partial charge >= 0.3 is 0 Å². The summed E-state index contributed by atoms with van der Waals surface area (Å²) < 4.78 is 2.40. The first kappa shape index (κ1) is 31.6. The fourth-order valence-electron chi connectivity index (χ4n) is 7.98. The smallest absolute Gasteiger partial charge is 0.0546 e. The monoisotopic (exact) mass is 688 g/mol. The molecule has 9 aromatic carbocycles. The second kappa shape index (κ2) is 13.4. The van der Waals surface area contributed by atoms with Crippen LogP contribution in [0.3, 0.4) is 0 Å². The van der Waals surface area contributed by atoms with Gasteiger partial charge in [0.2, 0.25) is 0 Å². The lowest BCUT2D eigenvalue weighted by Crippen LogP contribution is -2.12. The topological polar surface area (TPSA) is 8.17 Å². The molecule has 0 atom stereocenters. The molecule has 0 aliphatic heterocycles. The Hall–Kier alpha value is -7.16. The van der Waals surface area contributed by atoms with Crippen molar-refractivity contribution in [1.82, 2.24) is 4.57 Å². The summed E-state index contributed by atoms with van der Waals surface area (Å²) in [5.41, 5.74) is 13.8. The van der Waals surface area contributed by atoms with E-state index in [0.717, 1.165) is 28.3 Å². The number of para-hydroxylation sites is 2. The molecular weight excluding hydrogens is 653 g/mol. The minimum absolute atomic E-state index is 1.08. The highest BCUT2D eigenvalue weighted by molar-refractivity contribution is 6.09. The zero-order valence-corrected chi connectivity index (χ0v) is 29.7. The fourth-order valence-corrected chi connectivity index (χ4v) is 7.98. The molecule has 0 fully saturated rings. The summed E-state index contributed by atoms with van der Waals surface area (Å²) >= 11 is 0. The van der Waals surface area contributed by atoms with Crippen molar-refractivity contribution in [3.05, 3.63) is 218 Å². The molecule has 10 aromatic rings. The van der Waals surface area contributed by atoms with Crippen molar-refractivity contribution in [2.24, 2.45) is 0 Å². The van der Waals surface area contributed by atoms with E-state index in [1.807, 2.05) is 0 Å². The van der Waals surface area contributed by atoms with Gasteiger partial charge in [0.15, 0.2) is 0 Å². The molecule has 0 spiro atoms. The van der Waals surface area contributed by atoms with Gasteiger partial charge in [0.1, 0.15) is 0 Å². The van der Waals surface area contributed by atoms with E-state index in [2.05, 4.69) is 228 Å². The summed E-state index contributed by atoms with van der Waals surface area (Å²) in [6.45, 7) is 0. The van der Waals surface area contributed by atoms with Crippen molar-refractivity contribution < 1.29 is 0 Å². The molecule has 0 saturated carbocycles. The van der Waals surface area contributed by atoms with E-state index >= 15 is 0 Å². The summed E-state index contributed by atoms with van der Waals surface area (Å²) in [6, 6.07) is 79.1. The van der Waals surface area contributed by atoms with Gasteiger partial charge < -0.3 is 9.47 Å². The van der Waals surface area contributed by atoms with Gasteiger partial charge in [-0.25, -0.2) is 0 Å². The molecule has 10 rings (SSSR count). The predicted molar refractivity (Wildman–Crippen MR) is 229 cm³/mol. The van der Waals surface area contributed by atoms with Crippen molar-refractivity contribution in [3.8, 4) is 39.1 Å². The number of fused-ring (bicyclic) bond motifs is 4. The average molecular weight is 689 g/mol. The van der Waals surface area contributed by atoms with E-state index in [1.54, 1.807) is 0 Å². The minimum Gasteiger partial charge on any atom is -0.310 e. The third kappa shape index (κ3) is 5.62. The van der Waals surface area contributed by atoms with Crippen LogP contribution in [0.25, 0.3) is 71.6 Å². The van der Waals surface area contributed by atoms with Crippen LogP contribution in [-0.4, -0.2) is 4.57 Å². The summed E-state index contributed by atoms with van der Waals surface area (Å²) in [5, 5.41) is 4.97. The molecular formula is C52H36N2. The van der Waals surface area contributed by atoms with Gasteiger partial charge in [0, 0.05) is 33.4 Å². The number of rotatable bonds is 7. The Bertz CT molecular complexity index is 2890. The van der Waals surface area contributed by atoms with Gasteiger partial charge in [-0.3, -0.25) is 0 Å². The molecule has 254 valence electrons. The van der Waals surface area contributed by atoms with Gasteiger partial charge in [0.25, 0.3) is 0 Å². The molecule has 2 heteroatoms. The Kier molecular flexibility index (Phi) is 7.85. The number of hydrogen-bond acceptors (Lipinski definition) is 1. The van der Waals surface area contributed by atoms with E-state index in [0.29, 0.717) is 0 Å². The number of aromatic nitrogens is 1. The molecule has 0 unspecified atom stereocenters. The lowest BCUT2D eigenvalue weighted by atomic mass is 9.95. The lowest BCUT2D eigenvalue weighted by molar-refractivity contribution is 1.17. The largest absolute Gasteiger partial charge is 0.310 e. The van der Waals surface area contributed by atoms with Gasteiger partial charge in [0.05, 0.1) is 16.7 Å². The maximum absolute atomic E-state index is 2.44. The van der Waals surface area contributed by atoms with Crippen LogP contribution < -0.4 is 4.90 Å². The highest BCUT2D eigenvalue weighted by Crippen LogP contribution is 2.45. The highest BCUT2D eigenvalue weighted by atomic mass is 15.1. The Balaban J connectivity index is 1.23. The first-order chi connectivity index (χ1) is 26.8. The summed E-state index contributed by atoms with van der Waals surface area (Å²) in [7, 11) is 0. The summed E-state index contributed by atoms with van der Waals surface area (Å²) in [5.74, 6) is 0. The number of nitrogens with zero attached hydrogens (tertiary/aromatic N) is 2. The second-order valence-corrected chi connectivity index (χ2v) is 13.8. The summed E-state index contributed by atoms with van der Waals surface area (Å²) in [6.07, 6.45) is 0. The first-order valence-electron chi connectivity index (χ1n) is 18.5. The van der Waals surface area contributed by atoms with Crippen LogP contribution >= 0.6 is 0 Å². The van der Waals surface area contributed by atoms with Crippen LogP contribution in [0.1, 0.15) is 0 Å². The quantitative estimate of drug-likeness (QED) is 0.162. The van der Waals surface area contributed by atoms with Gasteiger partial charge in [-0.1, -0.05) is 164 Å². The molecule has 54 heavy (non-hydrogen) atoms. The fraction of sp³-hybridized carbons (Fsp3) is 0. The van der Waals surface area contributed by atoms with E-state index in [4.69, 9.17) is 0 Å². The van der Waals surface area contributed by atoms with Crippen LogP contribution in [-0.2, 0) is 0 Å². The number of benzene rings is 9. The molecule has 0 bridgehead atoms. The maximum Gasteiger partial charge on any atom is 0.0546 e. The van der Waals surface area contributed by atoms with Crippen molar-refractivity contribution in [2.75, 3.05) is 4.90 Å². The molecule has 1 aromatic heterocycles. The highest BCUT2D eigenvalue weighted by Gasteiger charge is 2.21. The average Bonchev–Trinajstić information content (AvgIpc) is 3.59. The van der Waals surface area contributed by atoms with Crippen molar-refractivity contribution >= 4 is 49.6 Å². The molecule has 0 saturated heterocycles. The Morgan fingerprint density at radius 3 is 1.59 bits per heavy atom. The third-order valence-electron chi connectivity index (χ3n) is 10.5. The van der Waals surface area contributed by atoms with Crippen LogP contribution in [0, 0.1) is 0 Å². The molecule has 2 nitrogen and oxygen atoms in total. The van der Waals surface area contributed by atoms with E-state index < -0.39 is 0 Å². The Morgan fingerprint density at radius 2 is 0.852 bits per heavy atom. The molecule has 0 amide bonds. The van der Waals surface area contributed by atoms with Crippen molar-refractivity contribution in [1.29, 1.82) is 0 Å². The Labute approximate surface area is 315 Å². The maximum atomic E-state index is 2.44.